The Kier molecular flexibility index (Phi) is 3.50. The number of hydrogen-bond acceptors (Lipinski definition) is 3. The van der Waals surface area contributed by atoms with Gasteiger partial charge in [0, 0.05) is 6.42 Å². The van der Waals surface area contributed by atoms with Crippen LogP contribution in [0.2, 0.25) is 0 Å². The maximum absolute atomic E-state index is 13.6. The van der Waals surface area contributed by atoms with Gasteiger partial charge in [-0.15, -0.1) is 0 Å². The van der Waals surface area contributed by atoms with Crippen LogP contribution < -0.4 is 4.74 Å². The summed E-state index contributed by atoms with van der Waals surface area (Å²) in [6.07, 6.45) is 0.271. The Hall–Kier alpha value is -1.62. The van der Waals surface area contributed by atoms with E-state index < -0.39 is 23.0 Å². The highest BCUT2D eigenvalue weighted by Crippen LogP contribution is 2.40. The zero-order chi connectivity index (χ0) is 15.1. The first-order valence-electron chi connectivity index (χ1n) is 6.51. The Balaban J connectivity index is 2.32. The van der Waals surface area contributed by atoms with Gasteiger partial charge in [-0.3, -0.25) is 0 Å². The fourth-order valence-electron chi connectivity index (χ4n) is 2.66. The summed E-state index contributed by atoms with van der Waals surface area (Å²) in [6, 6.07) is 4.01. The smallest absolute Gasteiger partial charge is 0.342 e. The molecule has 0 spiro atoms. The first-order chi connectivity index (χ1) is 9.12. The Morgan fingerprint density at radius 1 is 1.40 bits per heavy atom. The fraction of sp³-hybridized carbons (Fsp3) is 0.533. The topological polar surface area (TPSA) is 55.8 Å². The lowest BCUT2D eigenvalue weighted by Gasteiger charge is -2.27. The molecule has 1 saturated heterocycles. The van der Waals surface area contributed by atoms with Gasteiger partial charge in [-0.05, 0) is 39.8 Å². The van der Waals surface area contributed by atoms with Gasteiger partial charge in [0.05, 0.1) is 5.60 Å². The number of carboxylic acids is 1. The normalized spacial score (nSPS) is 23.6. The van der Waals surface area contributed by atoms with Crippen molar-refractivity contribution in [2.24, 2.45) is 0 Å². The summed E-state index contributed by atoms with van der Waals surface area (Å²) >= 11 is 0. The van der Waals surface area contributed by atoms with Gasteiger partial charge in [0.2, 0.25) is 0 Å². The number of rotatable bonds is 3. The summed E-state index contributed by atoms with van der Waals surface area (Å²) in [6.45, 7) is 7.65. The quantitative estimate of drug-likeness (QED) is 0.924. The van der Waals surface area contributed by atoms with E-state index in [1.807, 2.05) is 27.7 Å². The molecule has 20 heavy (non-hydrogen) atoms. The van der Waals surface area contributed by atoms with Gasteiger partial charge in [0.1, 0.15) is 28.8 Å². The Morgan fingerprint density at radius 2 is 2.05 bits per heavy atom. The monoisotopic (exact) mass is 282 g/mol. The third kappa shape index (κ3) is 2.77. The van der Waals surface area contributed by atoms with Crippen LogP contribution in [0.1, 0.15) is 44.5 Å². The number of carboxylic acid groups (broad SMARTS) is 1. The van der Waals surface area contributed by atoms with E-state index in [1.165, 1.54) is 12.1 Å². The van der Waals surface area contributed by atoms with E-state index in [1.54, 1.807) is 0 Å². The molecule has 1 N–H and O–H groups in total. The number of aromatic carboxylic acids is 1. The zero-order valence-electron chi connectivity index (χ0n) is 12.1. The fourth-order valence-corrected chi connectivity index (χ4v) is 2.66. The lowest BCUT2D eigenvalue weighted by molar-refractivity contribution is -0.0847. The van der Waals surface area contributed by atoms with Gasteiger partial charge in [0.15, 0.2) is 0 Å². The van der Waals surface area contributed by atoms with Gasteiger partial charge >= 0.3 is 5.97 Å². The van der Waals surface area contributed by atoms with Crippen LogP contribution in [0.4, 0.5) is 4.39 Å². The second-order valence-corrected chi connectivity index (χ2v) is 6.19. The molecule has 1 unspecified atom stereocenters. The molecule has 0 aromatic heterocycles. The Morgan fingerprint density at radius 3 is 2.55 bits per heavy atom. The minimum absolute atomic E-state index is 0.0388. The van der Waals surface area contributed by atoms with E-state index in [0.717, 1.165) is 6.07 Å². The van der Waals surface area contributed by atoms with Crippen LogP contribution in [-0.4, -0.2) is 28.4 Å². The summed E-state index contributed by atoms with van der Waals surface area (Å²) in [5.74, 6) is -2.10. The van der Waals surface area contributed by atoms with Crippen molar-refractivity contribution in [3.8, 4) is 5.75 Å². The lowest BCUT2D eigenvalue weighted by Crippen LogP contribution is -2.37. The molecular formula is C15H19FO4. The average Bonchev–Trinajstić information content (AvgIpc) is 2.45. The molecule has 4 nitrogen and oxygen atoms in total. The highest BCUT2D eigenvalue weighted by molar-refractivity contribution is 5.91. The second kappa shape index (κ2) is 4.74. The van der Waals surface area contributed by atoms with Crippen molar-refractivity contribution >= 4 is 5.97 Å². The first kappa shape index (κ1) is 14.8. The standard InChI is InChI=1S/C15H19FO4/c1-14(2)8-11(15(3,4)20-14)19-10-7-5-6-9(16)12(10)13(17)18/h5-7,11H,8H2,1-4H3,(H,17,18). The molecule has 1 heterocycles. The van der Waals surface area contributed by atoms with Crippen LogP contribution in [-0.2, 0) is 4.74 Å². The van der Waals surface area contributed by atoms with Gasteiger partial charge in [-0.1, -0.05) is 6.07 Å². The molecule has 1 atom stereocenters. The van der Waals surface area contributed by atoms with Crippen molar-refractivity contribution in [1.82, 2.24) is 0 Å². The second-order valence-electron chi connectivity index (χ2n) is 6.19. The van der Waals surface area contributed by atoms with Crippen LogP contribution in [0, 0.1) is 5.82 Å². The van der Waals surface area contributed by atoms with E-state index >= 15 is 0 Å². The largest absolute Gasteiger partial charge is 0.486 e. The van der Waals surface area contributed by atoms with E-state index in [2.05, 4.69) is 0 Å². The molecule has 0 aliphatic carbocycles. The van der Waals surface area contributed by atoms with Gasteiger partial charge in [-0.2, -0.15) is 0 Å². The molecule has 0 bridgehead atoms. The summed E-state index contributed by atoms with van der Waals surface area (Å²) < 4.78 is 25.3. The van der Waals surface area contributed by atoms with Gasteiger partial charge in [0.25, 0.3) is 0 Å². The van der Waals surface area contributed by atoms with Crippen LogP contribution in [0.5, 0.6) is 5.75 Å². The molecule has 2 rings (SSSR count). The highest BCUT2D eigenvalue weighted by atomic mass is 19.1. The van der Waals surface area contributed by atoms with Gasteiger partial charge in [-0.25, -0.2) is 9.18 Å². The minimum atomic E-state index is -1.34. The van der Waals surface area contributed by atoms with Crippen molar-refractivity contribution in [3.63, 3.8) is 0 Å². The summed E-state index contributed by atoms with van der Waals surface area (Å²) in [7, 11) is 0. The third-order valence-electron chi connectivity index (χ3n) is 3.45. The number of hydrogen-bond donors (Lipinski definition) is 1. The van der Waals surface area contributed by atoms with Crippen molar-refractivity contribution in [2.75, 3.05) is 0 Å². The molecule has 1 aromatic rings. The van der Waals surface area contributed by atoms with E-state index in [-0.39, 0.29) is 17.5 Å². The van der Waals surface area contributed by atoms with Crippen LogP contribution in [0.15, 0.2) is 18.2 Å². The van der Waals surface area contributed by atoms with Crippen molar-refractivity contribution in [3.05, 3.63) is 29.6 Å². The van der Waals surface area contributed by atoms with E-state index in [0.29, 0.717) is 6.42 Å². The number of ether oxygens (including phenoxy) is 2. The van der Waals surface area contributed by atoms with Crippen LogP contribution in [0.3, 0.4) is 0 Å². The molecular weight excluding hydrogens is 263 g/mol. The zero-order valence-corrected chi connectivity index (χ0v) is 12.1. The molecule has 0 radical (unpaired) electrons. The van der Waals surface area contributed by atoms with Crippen molar-refractivity contribution in [1.29, 1.82) is 0 Å². The van der Waals surface area contributed by atoms with Crippen molar-refractivity contribution in [2.45, 2.75) is 51.4 Å². The molecule has 0 saturated carbocycles. The minimum Gasteiger partial charge on any atom is -0.486 e. The molecule has 0 amide bonds. The molecule has 110 valence electrons. The molecule has 1 aliphatic rings. The molecule has 5 heteroatoms. The number of benzene rings is 1. The SMILES string of the molecule is CC1(C)CC(Oc2cccc(F)c2C(=O)O)C(C)(C)O1. The predicted octanol–water partition coefficient (Wildman–Crippen LogP) is 3.25. The average molecular weight is 282 g/mol. The molecule has 1 aliphatic heterocycles. The summed E-state index contributed by atoms with van der Waals surface area (Å²) in [5, 5.41) is 9.10. The van der Waals surface area contributed by atoms with Crippen molar-refractivity contribution < 1.29 is 23.8 Å². The maximum Gasteiger partial charge on any atom is 0.342 e. The number of carbonyl (C=O) groups is 1. The third-order valence-corrected chi connectivity index (χ3v) is 3.45. The summed E-state index contributed by atoms with van der Waals surface area (Å²) in [5.41, 5.74) is -1.36. The van der Waals surface area contributed by atoms with Crippen LogP contribution in [0.25, 0.3) is 0 Å². The highest BCUT2D eigenvalue weighted by Gasteiger charge is 2.47. The Labute approximate surface area is 117 Å². The van der Waals surface area contributed by atoms with Crippen LogP contribution >= 0.6 is 0 Å². The summed E-state index contributed by atoms with van der Waals surface area (Å²) in [4.78, 5) is 11.2. The first-order valence-corrected chi connectivity index (χ1v) is 6.51. The van der Waals surface area contributed by atoms with E-state index in [9.17, 15) is 9.18 Å². The van der Waals surface area contributed by atoms with E-state index in [4.69, 9.17) is 14.6 Å². The molecule has 1 fully saturated rings. The predicted molar refractivity (Wildman–Crippen MR) is 71.6 cm³/mol. The van der Waals surface area contributed by atoms with Gasteiger partial charge < -0.3 is 14.6 Å². The maximum atomic E-state index is 13.6. The molecule has 1 aromatic carbocycles. The number of halogens is 1. The Bertz CT molecular complexity index is 537. The lowest BCUT2D eigenvalue weighted by atomic mass is 9.97.